The van der Waals surface area contributed by atoms with E-state index < -0.39 is 0 Å². The number of tetrazole rings is 1. The van der Waals surface area contributed by atoms with Crippen molar-refractivity contribution < 1.29 is 4.74 Å². The van der Waals surface area contributed by atoms with E-state index in [0.29, 0.717) is 0 Å². The van der Waals surface area contributed by atoms with Crippen molar-refractivity contribution in [1.29, 1.82) is 0 Å². The topological polar surface area (TPSA) is 90.1 Å². The predicted molar refractivity (Wildman–Crippen MR) is 75.3 cm³/mol. The second kappa shape index (κ2) is 5.35. The zero-order valence-corrected chi connectivity index (χ0v) is 10.7. The summed E-state index contributed by atoms with van der Waals surface area (Å²) in [4.78, 5) is 0. The third-order valence-electron chi connectivity index (χ3n) is 2.82. The van der Waals surface area contributed by atoms with Crippen LogP contribution >= 0.6 is 0 Å². The second-order valence-corrected chi connectivity index (χ2v) is 3.96. The van der Waals surface area contributed by atoms with Gasteiger partial charge in [0.05, 0.1) is 13.1 Å². The lowest BCUT2D eigenvalue weighted by molar-refractivity contribution is 0.415. The summed E-state index contributed by atoms with van der Waals surface area (Å²) < 4.78 is 5.36. The van der Waals surface area contributed by atoms with Crippen LogP contribution in [0.4, 0.5) is 5.95 Å². The standard InChI is InChI=1S/C13H11N6O/c1-20-12-7-6-9-4-2-3-5-10(9)11(12)8-14-15-13-16-18-19-17-13/h2-8H,1H3,(H-,15,16,17,18,19)/q-1/b14-8-. The minimum absolute atomic E-state index is 0.181. The second-order valence-electron chi connectivity index (χ2n) is 3.96. The van der Waals surface area contributed by atoms with Gasteiger partial charge in [-0.15, -0.1) is 5.21 Å². The van der Waals surface area contributed by atoms with Crippen molar-refractivity contribution in [3.05, 3.63) is 47.4 Å². The summed E-state index contributed by atoms with van der Waals surface area (Å²) in [5.41, 5.74) is 4.70. The molecule has 1 heterocycles. The van der Waals surface area contributed by atoms with Gasteiger partial charge in [-0.3, -0.25) is 20.8 Å². The van der Waals surface area contributed by atoms with Crippen LogP contribution in [0.15, 0.2) is 41.5 Å². The van der Waals surface area contributed by atoms with Crippen molar-refractivity contribution in [2.24, 2.45) is 5.10 Å². The number of aromatic nitrogens is 4. The highest BCUT2D eigenvalue weighted by molar-refractivity contribution is 6.02. The summed E-state index contributed by atoms with van der Waals surface area (Å²) in [5.74, 6) is 0.913. The van der Waals surface area contributed by atoms with E-state index in [9.17, 15) is 0 Å². The van der Waals surface area contributed by atoms with E-state index in [1.165, 1.54) is 0 Å². The quantitative estimate of drug-likeness (QED) is 0.580. The minimum atomic E-state index is 0.181. The van der Waals surface area contributed by atoms with Crippen LogP contribution < -0.4 is 4.74 Å². The molecule has 0 amide bonds. The average Bonchev–Trinajstić information content (AvgIpc) is 3.00. The highest BCUT2D eigenvalue weighted by Gasteiger charge is 2.05. The predicted octanol–water partition coefficient (Wildman–Crippen LogP) is 2.40. The molecule has 0 aliphatic rings. The lowest BCUT2D eigenvalue weighted by atomic mass is 10.0. The van der Waals surface area contributed by atoms with Crippen molar-refractivity contribution in [2.75, 3.05) is 7.11 Å². The molecule has 7 heteroatoms. The maximum absolute atomic E-state index is 5.36. The fourth-order valence-electron chi connectivity index (χ4n) is 1.92. The van der Waals surface area contributed by atoms with E-state index in [2.05, 4.69) is 31.2 Å². The van der Waals surface area contributed by atoms with Gasteiger partial charge in [-0.2, -0.15) is 0 Å². The highest BCUT2D eigenvalue weighted by atomic mass is 16.5. The van der Waals surface area contributed by atoms with E-state index in [1.54, 1.807) is 13.3 Å². The number of rotatable bonds is 4. The van der Waals surface area contributed by atoms with Gasteiger partial charge in [0.2, 0.25) is 0 Å². The first-order valence-electron chi connectivity index (χ1n) is 5.92. The monoisotopic (exact) mass is 267 g/mol. The van der Waals surface area contributed by atoms with E-state index in [4.69, 9.17) is 4.74 Å². The molecule has 0 spiro atoms. The van der Waals surface area contributed by atoms with Crippen molar-refractivity contribution in [3.63, 3.8) is 0 Å². The largest absolute Gasteiger partial charge is 0.496 e. The molecule has 0 atom stereocenters. The first kappa shape index (κ1) is 12.1. The zero-order valence-electron chi connectivity index (χ0n) is 10.7. The van der Waals surface area contributed by atoms with Gasteiger partial charge in [-0.05, 0) is 16.8 Å². The molecule has 20 heavy (non-hydrogen) atoms. The summed E-state index contributed by atoms with van der Waals surface area (Å²) in [6.07, 6.45) is 1.62. The van der Waals surface area contributed by atoms with Crippen LogP contribution in [0.1, 0.15) is 5.56 Å². The number of hydrogen-bond donors (Lipinski definition) is 1. The fraction of sp³-hybridized carbons (Fsp3) is 0.0769. The summed E-state index contributed by atoms with van der Waals surface area (Å²) in [5, 5.41) is 19.2. The number of benzene rings is 2. The van der Waals surface area contributed by atoms with Crippen LogP contribution in [0.3, 0.4) is 0 Å². The Bertz CT molecular complexity index is 738. The number of H-pyrrole nitrogens is 1. The van der Waals surface area contributed by atoms with Crippen LogP contribution in [0, 0.1) is 0 Å². The summed E-state index contributed by atoms with van der Waals surface area (Å²) >= 11 is 0. The van der Waals surface area contributed by atoms with Crippen LogP contribution in [-0.2, 0) is 0 Å². The van der Waals surface area contributed by atoms with Gasteiger partial charge in [-0.25, -0.2) is 5.10 Å². The summed E-state index contributed by atoms with van der Waals surface area (Å²) in [7, 11) is 1.62. The van der Waals surface area contributed by atoms with Gasteiger partial charge in [-0.1, -0.05) is 30.3 Å². The summed E-state index contributed by atoms with van der Waals surface area (Å²) in [6, 6.07) is 11.9. The Morgan fingerprint density at radius 3 is 2.95 bits per heavy atom. The lowest BCUT2D eigenvalue weighted by Gasteiger charge is -2.08. The molecule has 0 saturated heterocycles. The van der Waals surface area contributed by atoms with Crippen LogP contribution in [-0.4, -0.2) is 33.9 Å². The molecule has 1 N–H and O–H groups in total. The molecule has 0 aliphatic carbocycles. The van der Waals surface area contributed by atoms with E-state index in [0.717, 1.165) is 22.1 Å². The number of ether oxygens (including phenoxy) is 1. The van der Waals surface area contributed by atoms with Crippen molar-refractivity contribution in [2.45, 2.75) is 0 Å². The molecular weight excluding hydrogens is 256 g/mol. The van der Waals surface area contributed by atoms with E-state index in [1.807, 2.05) is 36.4 Å². The molecule has 0 aliphatic heterocycles. The zero-order chi connectivity index (χ0) is 13.8. The molecular formula is C13H11N6O-. The molecule has 7 nitrogen and oxygen atoms in total. The highest BCUT2D eigenvalue weighted by Crippen LogP contribution is 2.26. The number of nitrogens with zero attached hydrogens (tertiary/aromatic N) is 5. The molecule has 0 saturated carbocycles. The third-order valence-corrected chi connectivity index (χ3v) is 2.82. The molecule has 0 radical (unpaired) electrons. The van der Waals surface area contributed by atoms with Crippen LogP contribution in [0.25, 0.3) is 16.2 Å². The Morgan fingerprint density at radius 2 is 2.15 bits per heavy atom. The minimum Gasteiger partial charge on any atom is -0.496 e. The molecule has 3 aromatic rings. The number of aromatic amines is 1. The molecule has 0 bridgehead atoms. The van der Waals surface area contributed by atoms with Gasteiger partial charge in [0, 0.05) is 11.8 Å². The Morgan fingerprint density at radius 1 is 1.25 bits per heavy atom. The number of methoxy groups -OCH3 is 1. The average molecular weight is 267 g/mol. The Labute approximate surface area is 114 Å². The van der Waals surface area contributed by atoms with E-state index in [-0.39, 0.29) is 5.95 Å². The van der Waals surface area contributed by atoms with Gasteiger partial charge >= 0.3 is 0 Å². The maximum Gasteiger partial charge on any atom is 0.128 e. The first-order valence-corrected chi connectivity index (χ1v) is 5.92. The van der Waals surface area contributed by atoms with Gasteiger partial charge in [0.1, 0.15) is 5.75 Å². The number of fused-ring (bicyclic) bond motifs is 1. The van der Waals surface area contributed by atoms with Gasteiger partial charge < -0.3 is 4.74 Å². The third kappa shape index (κ3) is 2.28. The Kier molecular flexibility index (Phi) is 3.24. The molecule has 1 aromatic heterocycles. The molecule has 3 rings (SSSR count). The summed E-state index contributed by atoms with van der Waals surface area (Å²) in [6.45, 7) is 0. The maximum atomic E-state index is 5.36. The van der Waals surface area contributed by atoms with Gasteiger partial charge in [0.25, 0.3) is 0 Å². The first-order chi connectivity index (χ1) is 9.88. The normalized spacial score (nSPS) is 11.1. The fourth-order valence-corrected chi connectivity index (χ4v) is 1.92. The SMILES string of the molecule is COc1ccc2ccccc2c1/C=N\[N-]c1nn[nH]n1. The lowest BCUT2D eigenvalue weighted by Crippen LogP contribution is -1.92. The Balaban J connectivity index is 1.98. The Hall–Kier alpha value is -2.96. The molecule has 100 valence electrons. The van der Waals surface area contributed by atoms with Gasteiger partial charge in [0.15, 0.2) is 0 Å². The molecule has 2 aromatic carbocycles. The van der Waals surface area contributed by atoms with Crippen molar-refractivity contribution in [1.82, 2.24) is 20.6 Å². The van der Waals surface area contributed by atoms with Crippen molar-refractivity contribution >= 4 is 22.9 Å². The van der Waals surface area contributed by atoms with Crippen LogP contribution in [0.2, 0.25) is 0 Å². The number of hydrogen-bond acceptors (Lipinski definition) is 5. The smallest absolute Gasteiger partial charge is 0.128 e. The van der Waals surface area contributed by atoms with Crippen LogP contribution in [0.5, 0.6) is 5.75 Å². The number of nitrogens with one attached hydrogen (secondary N) is 1. The van der Waals surface area contributed by atoms with Crippen molar-refractivity contribution in [3.8, 4) is 5.75 Å². The van der Waals surface area contributed by atoms with E-state index >= 15 is 0 Å². The molecule has 0 fully saturated rings. The molecule has 0 unspecified atom stereocenters.